The van der Waals surface area contributed by atoms with E-state index >= 15 is 0 Å². The first-order valence-corrected chi connectivity index (χ1v) is 22.3. The Hall–Kier alpha value is -6.22. The number of likely N-dealkylation sites (tertiary alicyclic amines) is 1. The van der Waals surface area contributed by atoms with Gasteiger partial charge in [-0.15, -0.1) is 0 Å². The summed E-state index contributed by atoms with van der Waals surface area (Å²) >= 11 is 0. The maximum Gasteiger partial charge on any atom is 0.407 e. The molecule has 4 atom stereocenters. The molecule has 1 spiro atoms. The first-order valence-electron chi connectivity index (χ1n) is 22.3. The lowest BCUT2D eigenvalue weighted by Gasteiger charge is -2.34. The summed E-state index contributed by atoms with van der Waals surface area (Å²) in [6.45, 7) is 7.99. The van der Waals surface area contributed by atoms with Gasteiger partial charge in [0, 0.05) is 19.2 Å². The van der Waals surface area contributed by atoms with Gasteiger partial charge in [-0.25, -0.2) is 19.6 Å². The summed E-state index contributed by atoms with van der Waals surface area (Å²) in [6, 6.07) is 18.9. The van der Waals surface area contributed by atoms with Crippen LogP contribution in [0.5, 0.6) is 0 Å². The molecule has 3 aromatic carbocycles. The highest BCUT2D eigenvalue weighted by Crippen LogP contribution is 2.58. The van der Waals surface area contributed by atoms with E-state index in [9.17, 15) is 19.2 Å². The maximum atomic E-state index is 13.9. The number of benzene rings is 3. The number of methoxy groups -OCH3 is 3. The third-order valence-electron chi connectivity index (χ3n) is 13.7. The van der Waals surface area contributed by atoms with Gasteiger partial charge in [0.25, 0.3) is 0 Å². The van der Waals surface area contributed by atoms with E-state index in [0.29, 0.717) is 12.4 Å². The molecule has 0 unspecified atom stereocenters. The number of carbonyl (C=O) groups excluding carboxylic acids is 4. The molecule has 64 heavy (non-hydrogen) atoms. The Kier molecular flexibility index (Phi) is 12.6. The van der Waals surface area contributed by atoms with Gasteiger partial charge < -0.3 is 45.0 Å². The van der Waals surface area contributed by atoms with Crippen molar-refractivity contribution in [1.29, 1.82) is 0 Å². The topological polar surface area (TPSA) is 193 Å². The number of nitrogens with one attached hydrogen (secondary N) is 5. The molecule has 2 aliphatic carbocycles. The van der Waals surface area contributed by atoms with E-state index in [4.69, 9.17) is 24.2 Å². The predicted molar refractivity (Wildman–Crippen MR) is 243 cm³/mol. The molecule has 1 aliphatic heterocycles. The van der Waals surface area contributed by atoms with E-state index in [2.05, 4.69) is 86.6 Å². The number of hydrogen-bond donors (Lipinski definition) is 5. The molecule has 3 aliphatic rings. The summed E-state index contributed by atoms with van der Waals surface area (Å²) in [5.41, 5.74) is 4.95. The maximum absolute atomic E-state index is 13.9. The lowest BCUT2D eigenvalue weighted by molar-refractivity contribution is -0.135. The van der Waals surface area contributed by atoms with Crippen molar-refractivity contribution >= 4 is 34.8 Å². The molecule has 5 N–H and O–H groups in total. The first kappa shape index (κ1) is 44.4. The number of rotatable bonds is 14. The monoisotopic (exact) mass is 872 g/mol. The van der Waals surface area contributed by atoms with E-state index < -0.39 is 29.9 Å². The quantitative estimate of drug-likeness (QED) is 0.0731. The molecule has 15 heteroatoms. The van der Waals surface area contributed by atoms with Crippen molar-refractivity contribution < 1.29 is 33.4 Å². The molecule has 5 aromatic rings. The van der Waals surface area contributed by atoms with E-state index in [1.165, 1.54) is 21.3 Å². The van der Waals surface area contributed by atoms with Crippen LogP contribution in [-0.4, -0.2) is 94.4 Å². The Balaban J connectivity index is 0.965. The molecule has 0 bridgehead atoms. The van der Waals surface area contributed by atoms with Gasteiger partial charge in [0.15, 0.2) is 0 Å². The SMILES string of the molecule is COC(=O)N[C@H](C(=O)N1CC2(CC2)C[C@H]1c1ncc(-c2ccc(-c3ccc4cc(-c5cnc([C@@H](NC(=O)[C@@H](NC(=O)OC)C(C)(C)OC)C6CCCC6)[nH]5)ccc4c3)cc2)[nH]1)C(C)C. The molecule has 0 radical (unpaired) electrons. The van der Waals surface area contributed by atoms with Crippen LogP contribution in [-0.2, 0) is 23.8 Å². The largest absolute Gasteiger partial charge is 0.453 e. The predicted octanol–water partition coefficient (Wildman–Crippen LogP) is 8.22. The van der Waals surface area contributed by atoms with Crippen molar-refractivity contribution in [2.75, 3.05) is 27.9 Å². The number of H-pyrrole nitrogens is 2. The molecule has 1 saturated heterocycles. The minimum Gasteiger partial charge on any atom is -0.453 e. The third-order valence-corrected chi connectivity index (χ3v) is 13.7. The van der Waals surface area contributed by atoms with Crippen molar-refractivity contribution in [3.8, 4) is 33.6 Å². The molecular weight excluding hydrogens is 813 g/mol. The molecule has 4 amide bonds. The molecular formula is C49H60N8O7. The molecule has 338 valence electrons. The lowest BCUT2D eigenvalue weighted by Crippen LogP contribution is -2.59. The van der Waals surface area contributed by atoms with Gasteiger partial charge in [-0.2, -0.15) is 0 Å². The molecule has 3 heterocycles. The number of amides is 4. The summed E-state index contributed by atoms with van der Waals surface area (Å²) < 4.78 is 15.2. The molecule has 2 aromatic heterocycles. The van der Waals surface area contributed by atoms with Gasteiger partial charge in [-0.1, -0.05) is 75.2 Å². The zero-order valence-corrected chi connectivity index (χ0v) is 37.7. The van der Waals surface area contributed by atoms with Gasteiger partial charge in [0.1, 0.15) is 23.7 Å². The Morgan fingerprint density at radius 1 is 0.766 bits per heavy atom. The second-order valence-electron chi connectivity index (χ2n) is 18.7. The number of aromatic nitrogens is 4. The average Bonchev–Trinajstić information content (AvgIpc) is 3.87. The van der Waals surface area contributed by atoms with Gasteiger partial charge in [-0.05, 0) is 103 Å². The first-order chi connectivity index (χ1) is 30.7. The molecule has 2 saturated carbocycles. The van der Waals surface area contributed by atoms with Crippen molar-refractivity contribution in [2.24, 2.45) is 17.3 Å². The van der Waals surface area contributed by atoms with E-state index in [0.717, 1.165) is 95.2 Å². The van der Waals surface area contributed by atoms with Gasteiger partial charge >= 0.3 is 12.2 Å². The Bertz CT molecular complexity index is 2500. The normalized spacial score (nSPS) is 18.5. The summed E-state index contributed by atoms with van der Waals surface area (Å²) in [4.78, 5) is 70.6. The summed E-state index contributed by atoms with van der Waals surface area (Å²) in [5.74, 6) is 1.01. The number of fused-ring (bicyclic) bond motifs is 1. The smallest absolute Gasteiger partial charge is 0.407 e. The van der Waals surface area contributed by atoms with Crippen molar-refractivity contribution in [2.45, 2.75) is 102 Å². The molecule has 8 rings (SSSR count). The van der Waals surface area contributed by atoms with E-state index in [1.807, 2.05) is 31.1 Å². The van der Waals surface area contributed by atoms with Crippen molar-refractivity contribution in [3.05, 3.63) is 84.7 Å². The van der Waals surface area contributed by atoms with Crippen LogP contribution in [0.15, 0.2) is 73.1 Å². The van der Waals surface area contributed by atoms with Crippen LogP contribution in [0.3, 0.4) is 0 Å². The lowest BCUT2D eigenvalue weighted by atomic mass is 9.94. The van der Waals surface area contributed by atoms with Crippen molar-refractivity contribution in [3.63, 3.8) is 0 Å². The van der Waals surface area contributed by atoms with Crippen LogP contribution in [0.4, 0.5) is 9.59 Å². The number of alkyl carbamates (subject to hydrolysis) is 2. The Morgan fingerprint density at radius 3 is 2.00 bits per heavy atom. The third kappa shape index (κ3) is 9.21. The number of hydrogen-bond acceptors (Lipinski definition) is 9. The second-order valence-corrected chi connectivity index (χ2v) is 18.7. The number of ether oxygens (including phenoxy) is 3. The number of carbonyl (C=O) groups is 4. The average molecular weight is 873 g/mol. The van der Waals surface area contributed by atoms with Crippen molar-refractivity contribution in [1.82, 2.24) is 40.8 Å². The Labute approximate surface area is 373 Å². The number of imidazole rings is 2. The summed E-state index contributed by atoms with van der Waals surface area (Å²) in [5, 5.41) is 10.8. The van der Waals surface area contributed by atoms with E-state index in [1.54, 1.807) is 13.8 Å². The van der Waals surface area contributed by atoms with Crippen LogP contribution < -0.4 is 16.0 Å². The fourth-order valence-electron chi connectivity index (χ4n) is 9.46. The van der Waals surface area contributed by atoms with Crippen LogP contribution >= 0.6 is 0 Å². The molecule has 3 fully saturated rings. The second kappa shape index (κ2) is 18.1. The fraction of sp³-hybridized carbons (Fsp3) is 0.469. The standard InChI is InChI=1S/C49H60N8O7/c1-28(2)39(55-46(60)62-5)45(59)57-27-49(20-21-49)24-38(57)42-50-25-36(52-42)30-14-12-29(13-15-30)32-16-17-34-23-35(19-18-33(34)22-32)37-26-51-43(53-37)40(31-10-8-9-11-31)54-44(58)41(48(3,4)64-7)56-47(61)63-6/h12-19,22-23,25-26,28,31,38-41H,8-11,20-21,24,27H2,1-7H3,(H,50,52)(H,51,53)(H,54,58)(H,55,60)(H,56,61)/t38-,39-,40-,41+/m0/s1. The molecule has 15 nitrogen and oxygen atoms in total. The van der Waals surface area contributed by atoms with Gasteiger partial charge in [-0.3, -0.25) is 9.59 Å². The zero-order chi connectivity index (χ0) is 45.3. The van der Waals surface area contributed by atoms with Gasteiger partial charge in [0.2, 0.25) is 11.8 Å². The van der Waals surface area contributed by atoms with Crippen LogP contribution in [0.1, 0.15) is 96.4 Å². The summed E-state index contributed by atoms with van der Waals surface area (Å²) in [6.07, 6.45) is 9.38. The zero-order valence-electron chi connectivity index (χ0n) is 37.7. The highest BCUT2D eigenvalue weighted by atomic mass is 16.5. The fourth-order valence-corrected chi connectivity index (χ4v) is 9.46. The minimum absolute atomic E-state index is 0.109. The van der Waals surface area contributed by atoms with Crippen LogP contribution in [0.25, 0.3) is 44.4 Å². The number of nitrogens with zero attached hydrogens (tertiary/aromatic N) is 3. The highest BCUT2D eigenvalue weighted by Gasteiger charge is 2.55. The summed E-state index contributed by atoms with van der Waals surface area (Å²) in [7, 11) is 4.07. The Morgan fingerprint density at radius 2 is 1.36 bits per heavy atom. The number of aromatic amines is 2. The van der Waals surface area contributed by atoms with E-state index in [-0.39, 0.29) is 41.1 Å². The highest BCUT2D eigenvalue weighted by molar-refractivity contribution is 5.91. The van der Waals surface area contributed by atoms with Crippen LogP contribution in [0, 0.1) is 17.3 Å². The minimum atomic E-state index is -0.999. The van der Waals surface area contributed by atoms with Crippen LogP contribution in [0.2, 0.25) is 0 Å². The van der Waals surface area contributed by atoms with Gasteiger partial charge in [0.05, 0.1) is 55.7 Å².